The SMILES string of the molecule is O=c1[nH]c(Cc2cccc(F)c2)nc2c1CN(S(=O)(=O)c1cc(Cl)ccc1Cl)CC2. The maximum Gasteiger partial charge on any atom is 0.255 e. The molecule has 6 nitrogen and oxygen atoms in total. The average Bonchev–Trinajstić information content (AvgIpc) is 2.69. The van der Waals surface area contributed by atoms with Crippen LogP contribution in [0.3, 0.4) is 0 Å². The van der Waals surface area contributed by atoms with Gasteiger partial charge in [-0.3, -0.25) is 4.79 Å². The summed E-state index contributed by atoms with van der Waals surface area (Å²) in [6.07, 6.45) is 0.535. The van der Waals surface area contributed by atoms with Crippen molar-refractivity contribution in [2.45, 2.75) is 24.3 Å². The summed E-state index contributed by atoms with van der Waals surface area (Å²) in [6.45, 7) is 0.0249. The van der Waals surface area contributed by atoms with E-state index in [1.165, 1.54) is 34.6 Å². The number of nitrogens with one attached hydrogen (secondary N) is 1. The third-order valence-electron chi connectivity index (χ3n) is 4.85. The van der Waals surface area contributed by atoms with Crippen LogP contribution in [0.15, 0.2) is 52.2 Å². The number of fused-ring (bicyclic) bond motifs is 1. The lowest BCUT2D eigenvalue weighted by Gasteiger charge is -2.27. The van der Waals surface area contributed by atoms with Crippen molar-refractivity contribution < 1.29 is 12.8 Å². The molecule has 3 aromatic rings. The lowest BCUT2D eigenvalue weighted by molar-refractivity contribution is 0.384. The van der Waals surface area contributed by atoms with Crippen molar-refractivity contribution in [2.24, 2.45) is 0 Å². The number of nitrogens with zero attached hydrogens (tertiary/aromatic N) is 2. The van der Waals surface area contributed by atoms with Gasteiger partial charge in [0, 0.05) is 31.0 Å². The number of aromatic nitrogens is 2. The Kier molecular flexibility index (Phi) is 5.67. The fourth-order valence-electron chi connectivity index (χ4n) is 3.39. The molecule has 2 heterocycles. The van der Waals surface area contributed by atoms with E-state index in [1.54, 1.807) is 12.1 Å². The van der Waals surface area contributed by atoms with Gasteiger partial charge in [-0.05, 0) is 35.9 Å². The number of hydrogen-bond donors (Lipinski definition) is 1. The van der Waals surface area contributed by atoms with Crippen molar-refractivity contribution in [3.05, 3.63) is 91.3 Å². The molecule has 10 heteroatoms. The molecule has 0 bridgehead atoms. The minimum Gasteiger partial charge on any atom is -0.310 e. The predicted octanol–water partition coefficient (Wildman–Crippen LogP) is 3.55. The second kappa shape index (κ2) is 8.11. The predicted molar refractivity (Wildman–Crippen MR) is 112 cm³/mol. The van der Waals surface area contributed by atoms with E-state index >= 15 is 0 Å². The Balaban J connectivity index is 1.63. The van der Waals surface area contributed by atoms with Crippen LogP contribution >= 0.6 is 23.2 Å². The van der Waals surface area contributed by atoms with E-state index in [0.717, 1.165) is 0 Å². The van der Waals surface area contributed by atoms with Gasteiger partial charge in [0.25, 0.3) is 5.56 Å². The standard InChI is InChI=1S/C20H16Cl2FN3O3S/c21-13-4-5-16(22)18(10-13)30(28,29)26-7-6-17-15(11-26)20(27)25-19(24-17)9-12-2-1-3-14(23)8-12/h1-5,8,10H,6-7,9,11H2,(H,24,25,27). The van der Waals surface area contributed by atoms with Crippen LogP contribution < -0.4 is 5.56 Å². The molecule has 0 amide bonds. The Morgan fingerprint density at radius 1 is 1.17 bits per heavy atom. The van der Waals surface area contributed by atoms with Gasteiger partial charge in [-0.15, -0.1) is 0 Å². The number of halogens is 3. The molecule has 1 N–H and O–H groups in total. The Bertz CT molecular complexity index is 1290. The fourth-order valence-corrected chi connectivity index (χ4v) is 5.54. The van der Waals surface area contributed by atoms with E-state index in [1.807, 2.05) is 0 Å². The van der Waals surface area contributed by atoms with E-state index in [2.05, 4.69) is 9.97 Å². The first-order valence-corrected chi connectivity index (χ1v) is 11.2. The van der Waals surface area contributed by atoms with Crippen molar-refractivity contribution in [1.82, 2.24) is 14.3 Å². The molecule has 0 atom stereocenters. The van der Waals surface area contributed by atoms with Gasteiger partial charge >= 0.3 is 0 Å². The van der Waals surface area contributed by atoms with Gasteiger partial charge in [0.1, 0.15) is 16.5 Å². The Morgan fingerprint density at radius 2 is 1.97 bits per heavy atom. The normalized spacial score (nSPS) is 14.5. The third-order valence-corrected chi connectivity index (χ3v) is 7.42. The molecule has 1 aliphatic heterocycles. The van der Waals surface area contributed by atoms with Crippen molar-refractivity contribution in [3.8, 4) is 0 Å². The van der Waals surface area contributed by atoms with Crippen LogP contribution in [0.25, 0.3) is 0 Å². The van der Waals surface area contributed by atoms with Gasteiger partial charge in [-0.2, -0.15) is 4.31 Å². The molecule has 0 unspecified atom stereocenters. The molecule has 2 aromatic carbocycles. The zero-order chi connectivity index (χ0) is 21.5. The van der Waals surface area contributed by atoms with E-state index in [-0.39, 0.29) is 52.3 Å². The van der Waals surface area contributed by atoms with E-state index in [9.17, 15) is 17.6 Å². The smallest absolute Gasteiger partial charge is 0.255 e. The zero-order valence-electron chi connectivity index (χ0n) is 15.5. The molecular formula is C20H16Cl2FN3O3S. The summed E-state index contributed by atoms with van der Waals surface area (Å²) in [5, 5.41) is 0.305. The van der Waals surface area contributed by atoms with Crippen LogP contribution in [0, 0.1) is 5.82 Å². The van der Waals surface area contributed by atoms with Crippen LogP contribution in [0.1, 0.15) is 22.6 Å². The largest absolute Gasteiger partial charge is 0.310 e. The summed E-state index contributed by atoms with van der Waals surface area (Å²) in [6, 6.07) is 10.3. The molecule has 1 aromatic heterocycles. The van der Waals surface area contributed by atoms with E-state index in [4.69, 9.17) is 23.2 Å². The molecule has 1 aliphatic rings. The first-order valence-electron chi connectivity index (χ1n) is 9.04. The molecular weight excluding hydrogens is 452 g/mol. The van der Waals surface area contributed by atoms with Crippen LogP contribution in [-0.4, -0.2) is 29.2 Å². The fraction of sp³-hybridized carbons (Fsp3) is 0.200. The molecule has 0 saturated heterocycles. The van der Waals surface area contributed by atoms with Gasteiger partial charge < -0.3 is 4.98 Å². The second-order valence-electron chi connectivity index (χ2n) is 6.91. The quantitative estimate of drug-likeness (QED) is 0.635. The van der Waals surface area contributed by atoms with Crippen LogP contribution in [-0.2, 0) is 29.4 Å². The van der Waals surface area contributed by atoms with Gasteiger partial charge in [-0.1, -0.05) is 35.3 Å². The molecule has 0 spiro atoms. The van der Waals surface area contributed by atoms with Gasteiger partial charge in [0.2, 0.25) is 10.0 Å². The number of H-pyrrole nitrogens is 1. The lowest BCUT2D eigenvalue weighted by atomic mass is 10.1. The van der Waals surface area contributed by atoms with E-state index < -0.39 is 15.6 Å². The Hall–Kier alpha value is -2.26. The van der Waals surface area contributed by atoms with Crippen LogP contribution in [0.5, 0.6) is 0 Å². The van der Waals surface area contributed by atoms with Gasteiger partial charge in [0.15, 0.2) is 0 Å². The summed E-state index contributed by atoms with van der Waals surface area (Å²) in [5.74, 6) is 0.0341. The zero-order valence-corrected chi connectivity index (χ0v) is 17.9. The maximum atomic E-state index is 13.4. The summed E-state index contributed by atoms with van der Waals surface area (Å²) in [5.41, 5.74) is 1.08. The first kappa shape index (κ1) is 21.0. The average molecular weight is 468 g/mol. The monoisotopic (exact) mass is 467 g/mol. The second-order valence-corrected chi connectivity index (χ2v) is 9.66. The number of hydrogen-bond acceptors (Lipinski definition) is 4. The summed E-state index contributed by atoms with van der Waals surface area (Å²) < 4.78 is 40.7. The molecule has 0 aliphatic carbocycles. The van der Waals surface area contributed by atoms with Crippen molar-refractivity contribution in [2.75, 3.05) is 6.54 Å². The van der Waals surface area contributed by atoms with Crippen molar-refractivity contribution in [3.63, 3.8) is 0 Å². The minimum atomic E-state index is -3.94. The topological polar surface area (TPSA) is 83.1 Å². The highest BCUT2D eigenvalue weighted by Crippen LogP contribution is 2.30. The molecule has 156 valence electrons. The van der Waals surface area contributed by atoms with E-state index in [0.29, 0.717) is 17.1 Å². The maximum absolute atomic E-state index is 13.4. The molecule has 0 fully saturated rings. The number of aromatic amines is 1. The highest BCUT2D eigenvalue weighted by Gasteiger charge is 2.32. The summed E-state index contributed by atoms with van der Waals surface area (Å²) in [7, 11) is -3.94. The Morgan fingerprint density at radius 3 is 2.73 bits per heavy atom. The summed E-state index contributed by atoms with van der Waals surface area (Å²) in [4.78, 5) is 19.7. The molecule has 0 saturated carbocycles. The lowest BCUT2D eigenvalue weighted by Crippen LogP contribution is -2.39. The summed E-state index contributed by atoms with van der Waals surface area (Å²) >= 11 is 12.0. The van der Waals surface area contributed by atoms with Crippen molar-refractivity contribution >= 4 is 33.2 Å². The highest BCUT2D eigenvalue weighted by molar-refractivity contribution is 7.89. The van der Waals surface area contributed by atoms with Crippen LogP contribution in [0.2, 0.25) is 10.0 Å². The highest BCUT2D eigenvalue weighted by atomic mass is 35.5. The molecule has 30 heavy (non-hydrogen) atoms. The first-order chi connectivity index (χ1) is 14.2. The molecule has 4 rings (SSSR count). The Labute approximate surface area is 182 Å². The van der Waals surface area contributed by atoms with Crippen molar-refractivity contribution in [1.29, 1.82) is 0 Å². The minimum absolute atomic E-state index is 0.0580. The number of sulfonamides is 1. The number of benzene rings is 2. The third kappa shape index (κ3) is 4.13. The number of rotatable bonds is 4. The van der Waals surface area contributed by atoms with Crippen LogP contribution in [0.4, 0.5) is 4.39 Å². The van der Waals surface area contributed by atoms with Gasteiger partial charge in [-0.25, -0.2) is 17.8 Å². The van der Waals surface area contributed by atoms with Gasteiger partial charge in [0.05, 0.1) is 16.3 Å². The molecule has 0 radical (unpaired) electrons.